The predicted octanol–water partition coefficient (Wildman–Crippen LogP) is 3.20. The summed E-state index contributed by atoms with van der Waals surface area (Å²) in [5.74, 6) is 0.308. The number of fused-ring (bicyclic) bond motifs is 1. The van der Waals surface area contributed by atoms with E-state index in [2.05, 4.69) is 26.9 Å². The van der Waals surface area contributed by atoms with Crippen LogP contribution in [0.1, 0.15) is 45.7 Å². The summed E-state index contributed by atoms with van der Waals surface area (Å²) in [6.45, 7) is 6.12. The first-order chi connectivity index (χ1) is 16.6. The van der Waals surface area contributed by atoms with Crippen molar-refractivity contribution in [3.8, 4) is 6.07 Å². The number of nitrogens with zero attached hydrogens (tertiary/aromatic N) is 4. The predicted molar refractivity (Wildman–Crippen MR) is 136 cm³/mol. The molecule has 0 bridgehead atoms. The van der Waals surface area contributed by atoms with Crippen LogP contribution < -0.4 is 10.6 Å². The van der Waals surface area contributed by atoms with E-state index < -0.39 is 9.84 Å². The van der Waals surface area contributed by atoms with E-state index in [0.717, 1.165) is 21.9 Å². The van der Waals surface area contributed by atoms with E-state index in [-0.39, 0.29) is 36.5 Å². The van der Waals surface area contributed by atoms with Gasteiger partial charge in [-0.05, 0) is 50.1 Å². The number of sulfone groups is 1. The van der Waals surface area contributed by atoms with Gasteiger partial charge in [0.2, 0.25) is 0 Å². The smallest absolute Gasteiger partial charge is 0.256 e. The maximum Gasteiger partial charge on any atom is 0.256 e. The van der Waals surface area contributed by atoms with Gasteiger partial charge in [0, 0.05) is 36.6 Å². The highest BCUT2D eigenvalue weighted by Gasteiger charge is 2.28. The van der Waals surface area contributed by atoms with Gasteiger partial charge in [0.25, 0.3) is 5.91 Å². The Labute approximate surface area is 205 Å². The third-order valence-corrected chi connectivity index (χ3v) is 8.16. The Bertz CT molecular complexity index is 1450. The molecule has 1 atom stereocenters. The monoisotopic (exact) mass is 492 g/mol. The fourth-order valence-corrected chi connectivity index (χ4v) is 5.63. The molecule has 2 aromatic carbocycles. The standard InChI is InChI=1S/C25H28N6O3S/c1-15-18(14-26)6-5-7-19(15)16(2)28-24-21-13-23(27-4)22(12-20(21)17(3)29-30-24)25(32)31-8-10-35(33,34)11-9-31/h5-7,12-13,16,27H,8-11H2,1-4H3,(H,28,30)/t16-/m1/s1. The van der Waals surface area contributed by atoms with Crippen molar-refractivity contribution in [2.75, 3.05) is 42.3 Å². The number of aryl methyl sites for hydroxylation is 1. The largest absolute Gasteiger partial charge is 0.387 e. The first kappa shape index (κ1) is 24.4. The van der Waals surface area contributed by atoms with Crippen molar-refractivity contribution in [2.24, 2.45) is 0 Å². The van der Waals surface area contributed by atoms with Crippen molar-refractivity contribution >= 4 is 38.0 Å². The van der Waals surface area contributed by atoms with Crippen LogP contribution in [0.5, 0.6) is 0 Å². The maximum absolute atomic E-state index is 13.3. The van der Waals surface area contributed by atoms with Crippen LogP contribution >= 0.6 is 0 Å². The van der Waals surface area contributed by atoms with E-state index in [1.54, 1.807) is 24.1 Å². The maximum atomic E-state index is 13.3. The molecule has 1 saturated heterocycles. The molecule has 0 aliphatic carbocycles. The molecule has 35 heavy (non-hydrogen) atoms. The lowest BCUT2D eigenvalue weighted by atomic mass is 9.98. The van der Waals surface area contributed by atoms with Gasteiger partial charge in [0.1, 0.15) is 0 Å². The molecule has 3 aromatic rings. The van der Waals surface area contributed by atoms with Crippen LogP contribution in [0.2, 0.25) is 0 Å². The summed E-state index contributed by atoms with van der Waals surface area (Å²) < 4.78 is 23.6. The van der Waals surface area contributed by atoms with Gasteiger partial charge in [-0.3, -0.25) is 4.79 Å². The number of nitriles is 1. The molecule has 1 aromatic heterocycles. The van der Waals surface area contributed by atoms with Gasteiger partial charge < -0.3 is 15.5 Å². The number of carbonyl (C=O) groups excluding carboxylic acids is 1. The fraction of sp³-hybridized carbons (Fsp3) is 0.360. The van der Waals surface area contributed by atoms with Crippen LogP contribution in [-0.2, 0) is 9.84 Å². The Kier molecular flexibility index (Phi) is 6.63. The number of aromatic nitrogens is 2. The number of hydrogen-bond acceptors (Lipinski definition) is 8. The van der Waals surface area contributed by atoms with E-state index in [1.165, 1.54) is 0 Å². The molecule has 2 N–H and O–H groups in total. The van der Waals surface area contributed by atoms with Crippen molar-refractivity contribution in [1.29, 1.82) is 5.26 Å². The zero-order valence-corrected chi connectivity index (χ0v) is 21.0. The second-order valence-corrected chi connectivity index (χ2v) is 11.1. The van der Waals surface area contributed by atoms with Crippen molar-refractivity contribution in [3.63, 3.8) is 0 Å². The number of nitrogens with one attached hydrogen (secondary N) is 2. The molecule has 0 unspecified atom stereocenters. The average molecular weight is 493 g/mol. The molecule has 0 radical (unpaired) electrons. The Morgan fingerprint density at radius 2 is 1.86 bits per heavy atom. The lowest BCUT2D eigenvalue weighted by Crippen LogP contribution is -2.43. The van der Waals surface area contributed by atoms with Gasteiger partial charge in [-0.15, -0.1) is 5.10 Å². The summed E-state index contributed by atoms with van der Waals surface area (Å²) in [6, 6.07) is 11.4. The van der Waals surface area contributed by atoms with Crippen LogP contribution in [0.3, 0.4) is 0 Å². The minimum Gasteiger partial charge on any atom is -0.387 e. The average Bonchev–Trinajstić information content (AvgIpc) is 2.84. The van der Waals surface area contributed by atoms with Crippen molar-refractivity contribution in [3.05, 3.63) is 58.3 Å². The second kappa shape index (κ2) is 9.50. The summed E-state index contributed by atoms with van der Waals surface area (Å²) in [5, 5.41) is 26.2. The molecule has 9 nitrogen and oxygen atoms in total. The Morgan fingerprint density at radius 1 is 1.14 bits per heavy atom. The number of amides is 1. The summed E-state index contributed by atoms with van der Waals surface area (Å²) in [7, 11) is -1.35. The van der Waals surface area contributed by atoms with E-state index in [1.807, 2.05) is 39.0 Å². The topological polar surface area (TPSA) is 128 Å². The molecule has 1 amide bonds. The Morgan fingerprint density at radius 3 is 2.51 bits per heavy atom. The van der Waals surface area contributed by atoms with Gasteiger partial charge >= 0.3 is 0 Å². The van der Waals surface area contributed by atoms with Gasteiger partial charge in [-0.1, -0.05) is 12.1 Å². The number of carbonyl (C=O) groups is 1. The number of rotatable bonds is 5. The summed E-state index contributed by atoms with van der Waals surface area (Å²) in [6.07, 6.45) is 0. The SMILES string of the molecule is CNc1cc2c(N[C@H](C)c3cccc(C#N)c3C)nnc(C)c2cc1C(=O)N1CCS(=O)(=O)CC1. The Balaban J connectivity index is 1.72. The normalized spacial score (nSPS) is 15.9. The molecule has 0 saturated carbocycles. The third-order valence-electron chi connectivity index (χ3n) is 6.55. The van der Waals surface area contributed by atoms with Gasteiger partial charge in [-0.25, -0.2) is 8.42 Å². The van der Waals surface area contributed by atoms with Crippen molar-refractivity contribution in [1.82, 2.24) is 15.1 Å². The van der Waals surface area contributed by atoms with Crippen molar-refractivity contribution < 1.29 is 13.2 Å². The molecule has 0 spiro atoms. The number of hydrogen-bond donors (Lipinski definition) is 2. The van der Waals surface area contributed by atoms with Crippen LogP contribution in [0, 0.1) is 25.2 Å². The van der Waals surface area contributed by atoms with Crippen molar-refractivity contribution in [2.45, 2.75) is 26.8 Å². The van der Waals surface area contributed by atoms with Gasteiger partial charge in [0.15, 0.2) is 15.7 Å². The Hall–Kier alpha value is -3.71. The molecule has 182 valence electrons. The lowest BCUT2D eigenvalue weighted by Gasteiger charge is -2.28. The molecule has 4 rings (SSSR count). The molecule has 1 aliphatic heterocycles. The lowest BCUT2D eigenvalue weighted by molar-refractivity contribution is 0.0771. The summed E-state index contributed by atoms with van der Waals surface area (Å²) in [4.78, 5) is 14.9. The minimum atomic E-state index is -3.09. The van der Waals surface area contributed by atoms with E-state index >= 15 is 0 Å². The van der Waals surface area contributed by atoms with Gasteiger partial charge in [0.05, 0.1) is 40.4 Å². The number of anilines is 2. The molecule has 2 heterocycles. The first-order valence-corrected chi connectivity index (χ1v) is 13.2. The first-order valence-electron chi connectivity index (χ1n) is 11.4. The highest BCUT2D eigenvalue weighted by molar-refractivity contribution is 7.91. The number of benzene rings is 2. The van der Waals surface area contributed by atoms with Crippen LogP contribution in [0.4, 0.5) is 11.5 Å². The fourth-order valence-electron chi connectivity index (χ4n) is 4.43. The highest BCUT2D eigenvalue weighted by atomic mass is 32.2. The van der Waals surface area contributed by atoms with Gasteiger partial charge in [-0.2, -0.15) is 10.4 Å². The third kappa shape index (κ3) is 4.77. The zero-order valence-electron chi connectivity index (χ0n) is 20.2. The van der Waals surface area contributed by atoms with E-state index in [4.69, 9.17) is 0 Å². The summed E-state index contributed by atoms with van der Waals surface area (Å²) in [5.41, 5.74) is 4.29. The van der Waals surface area contributed by atoms with Crippen LogP contribution in [0.15, 0.2) is 30.3 Å². The highest BCUT2D eigenvalue weighted by Crippen LogP contribution is 2.32. The van der Waals surface area contributed by atoms with Crippen LogP contribution in [0.25, 0.3) is 10.8 Å². The van der Waals surface area contributed by atoms with E-state index in [9.17, 15) is 18.5 Å². The molecule has 10 heteroatoms. The molecular formula is C25H28N6O3S. The second-order valence-electron chi connectivity index (χ2n) is 8.77. The quantitative estimate of drug-likeness (QED) is 0.556. The van der Waals surface area contributed by atoms with E-state index in [0.29, 0.717) is 28.3 Å². The summed E-state index contributed by atoms with van der Waals surface area (Å²) >= 11 is 0. The minimum absolute atomic E-state index is 0.0237. The van der Waals surface area contributed by atoms with Crippen LogP contribution in [-0.4, -0.2) is 61.1 Å². The molecule has 1 aliphatic rings. The zero-order chi connectivity index (χ0) is 25.3. The molecule has 1 fully saturated rings. The molecular weight excluding hydrogens is 464 g/mol.